The normalized spacial score (nSPS) is 29.3. The number of nitrogen functional groups attached to an aromatic ring is 1. The maximum atomic E-state index is 11.8. The third kappa shape index (κ3) is 2.13. The number of H-pyrrole nitrogens is 1. The van der Waals surface area contributed by atoms with Gasteiger partial charge < -0.3 is 25.8 Å². The Bertz CT molecular complexity index is 745. The minimum absolute atomic E-state index is 0.00816. The van der Waals surface area contributed by atoms with Gasteiger partial charge in [0.25, 0.3) is 5.56 Å². The molecule has 3 rings (SSSR count). The summed E-state index contributed by atoms with van der Waals surface area (Å²) in [5, 5.41) is 29.0. The van der Waals surface area contributed by atoms with Gasteiger partial charge in [0.15, 0.2) is 22.1 Å². The summed E-state index contributed by atoms with van der Waals surface area (Å²) < 4.78 is 6.87. The summed E-state index contributed by atoms with van der Waals surface area (Å²) in [5.41, 5.74) is 5.07. The first-order valence-corrected chi connectivity index (χ1v) is 6.79. The van der Waals surface area contributed by atoms with Crippen molar-refractivity contribution in [1.29, 1.82) is 0 Å². The average Bonchev–Trinajstić information content (AvgIpc) is 2.89. The van der Waals surface area contributed by atoms with E-state index in [9.17, 15) is 15.0 Å². The highest BCUT2D eigenvalue weighted by molar-refractivity contribution is 9.10. The van der Waals surface area contributed by atoms with Crippen molar-refractivity contribution in [3.63, 3.8) is 0 Å². The van der Waals surface area contributed by atoms with Crippen LogP contribution in [0, 0.1) is 0 Å². The van der Waals surface area contributed by atoms with Gasteiger partial charge in [-0.3, -0.25) is 14.3 Å². The average molecular weight is 362 g/mol. The van der Waals surface area contributed by atoms with Crippen LogP contribution < -0.4 is 11.3 Å². The topological polar surface area (TPSA) is 160 Å². The third-order valence-electron chi connectivity index (χ3n) is 3.30. The van der Waals surface area contributed by atoms with Crippen molar-refractivity contribution in [2.45, 2.75) is 24.5 Å². The molecule has 0 aliphatic carbocycles. The van der Waals surface area contributed by atoms with Crippen LogP contribution in [0.2, 0.25) is 0 Å². The van der Waals surface area contributed by atoms with Crippen LogP contribution in [-0.4, -0.2) is 59.8 Å². The summed E-state index contributed by atoms with van der Waals surface area (Å²) in [7, 11) is 0. The Morgan fingerprint density at radius 1 is 1.38 bits per heavy atom. The van der Waals surface area contributed by atoms with Crippen LogP contribution in [0.15, 0.2) is 9.53 Å². The number of aromatic amines is 1. The van der Waals surface area contributed by atoms with E-state index in [1.807, 2.05) is 0 Å². The molecule has 4 atom stereocenters. The maximum absolute atomic E-state index is 11.8. The van der Waals surface area contributed by atoms with Gasteiger partial charge in [-0.25, -0.2) is 4.98 Å². The molecule has 21 heavy (non-hydrogen) atoms. The number of imidazole rings is 1. The van der Waals surface area contributed by atoms with Crippen LogP contribution in [0.5, 0.6) is 0 Å². The largest absolute Gasteiger partial charge is 0.394 e. The fourth-order valence-electron chi connectivity index (χ4n) is 2.29. The molecule has 2 aromatic heterocycles. The molecule has 1 fully saturated rings. The molecule has 11 heteroatoms. The summed E-state index contributed by atoms with van der Waals surface area (Å²) in [4.78, 5) is 22.0. The van der Waals surface area contributed by atoms with Crippen LogP contribution in [0.1, 0.15) is 6.23 Å². The van der Waals surface area contributed by atoms with Gasteiger partial charge in [0.2, 0.25) is 5.95 Å². The fourth-order valence-corrected chi connectivity index (χ4v) is 2.84. The predicted molar refractivity (Wildman–Crippen MR) is 73.3 cm³/mol. The number of anilines is 1. The molecular weight excluding hydrogens is 350 g/mol. The molecule has 1 aliphatic heterocycles. The molecule has 114 valence electrons. The Morgan fingerprint density at radius 2 is 2.10 bits per heavy atom. The van der Waals surface area contributed by atoms with Gasteiger partial charge in [0.1, 0.15) is 18.3 Å². The van der Waals surface area contributed by atoms with E-state index in [0.29, 0.717) is 0 Å². The molecule has 10 nitrogen and oxygen atoms in total. The van der Waals surface area contributed by atoms with Gasteiger partial charge in [0.05, 0.1) is 6.61 Å². The minimum Gasteiger partial charge on any atom is -0.394 e. The second kappa shape index (κ2) is 5.03. The molecule has 1 aliphatic rings. The lowest BCUT2D eigenvalue weighted by Crippen LogP contribution is -2.33. The van der Waals surface area contributed by atoms with Crippen molar-refractivity contribution in [1.82, 2.24) is 19.5 Å². The van der Waals surface area contributed by atoms with Gasteiger partial charge in [-0.05, 0) is 15.9 Å². The molecule has 0 unspecified atom stereocenters. The Balaban J connectivity index is 2.17. The molecular formula is C10H12BrN5O5. The molecule has 0 bridgehead atoms. The lowest BCUT2D eigenvalue weighted by atomic mass is 10.1. The molecule has 6 N–H and O–H groups in total. The van der Waals surface area contributed by atoms with Crippen LogP contribution in [0.25, 0.3) is 11.2 Å². The number of fused-ring (bicyclic) bond motifs is 1. The van der Waals surface area contributed by atoms with Crippen LogP contribution in [0.3, 0.4) is 0 Å². The molecule has 1 saturated heterocycles. The van der Waals surface area contributed by atoms with Gasteiger partial charge >= 0.3 is 0 Å². The van der Waals surface area contributed by atoms with E-state index in [1.165, 1.54) is 4.57 Å². The van der Waals surface area contributed by atoms with Gasteiger partial charge in [-0.15, -0.1) is 0 Å². The zero-order chi connectivity index (χ0) is 15.3. The van der Waals surface area contributed by atoms with Crippen molar-refractivity contribution in [3.05, 3.63) is 15.1 Å². The smallest absolute Gasteiger partial charge is 0.280 e. The second-order valence-electron chi connectivity index (χ2n) is 4.60. The molecule has 0 spiro atoms. The fraction of sp³-hybridized carbons (Fsp3) is 0.500. The summed E-state index contributed by atoms with van der Waals surface area (Å²) in [5.74, 6) is -0.118. The second-order valence-corrected chi connectivity index (χ2v) is 5.31. The van der Waals surface area contributed by atoms with Crippen molar-refractivity contribution >= 4 is 33.0 Å². The van der Waals surface area contributed by atoms with Gasteiger partial charge in [-0.1, -0.05) is 0 Å². The SMILES string of the molecule is Nc1nc2c(nc(Br)n2[C@@H]2O[C@@H](CO)[C@@H](O)[C@H]2O)c(=O)[nH]1. The highest BCUT2D eigenvalue weighted by Crippen LogP contribution is 2.33. The Morgan fingerprint density at radius 3 is 2.71 bits per heavy atom. The van der Waals surface area contributed by atoms with E-state index in [0.717, 1.165) is 0 Å². The number of nitrogens with two attached hydrogens (primary N) is 1. The number of ether oxygens (including phenoxy) is 1. The molecule has 0 saturated carbocycles. The zero-order valence-electron chi connectivity index (χ0n) is 10.5. The highest BCUT2D eigenvalue weighted by atomic mass is 79.9. The molecule has 0 radical (unpaired) electrons. The molecule has 3 heterocycles. The molecule has 2 aromatic rings. The number of halogens is 1. The van der Waals surface area contributed by atoms with E-state index in [2.05, 4.69) is 30.9 Å². The Labute approximate surface area is 125 Å². The predicted octanol–water partition coefficient (Wildman–Crippen LogP) is -1.92. The van der Waals surface area contributed by atoms with Crippen molar-refractivity contribution in [2.75, 3.05) is 12.3 Å². The number of hydrogen-bond donors (Lipinski definition) is 5. The molecule has 0 aromatic carbocycles. The maximum Gasteiger partial charge on any atom is 0.280 e. The number of aliphatic hydroxyl groups excluding tert-OH is 3. The summed E-state index contributed by atoms with van der Waals surface area (Å²) >= 11 is 3.15. The van der Waals surface area contributed by atoms with Gasteiger partial charge in [-0.2, -0.15) is 4.98 Å². The molecule has 0 amide bonds. The van der Waals surface area contributed by atoms with Crippen molar-refractivity contribution in [2.24, 2.45) is 0 Å². The third-order valence-corrected chi connectivity index (χ3v) is 3.86. The standard InChI is InChI=1S/C10H12BrN5O5/c11-9-13-3-6(14-10(12)15-7(3)20)16(9)8-5(19)4(18)2(1-17)21-8/h2,4-5,8,17-19H,1H2,(H3,12,14,15,20)/t2-,4+,5+,8+/m0/s1. The number of hydrogen-bond acceptors (Lipinski definition) is 8. The van der Waals surface area contributed by atoms with E-state index in [4.69, 9.17) is 15.6 Å². The quantitative estimate of drug-likeness (QED) is 0.387. The number of aromatic nitrogens is 4. The van der Waals surface area contributed by atoms with E-state index >= 15 is 0 Å². The lowest BCUT2D eigenvalue weighted by Gasteiger charge is -2.17. The highest BCUT2D eigenvalue weighted by Gasteiger charge is 2.44. The van der Waals surface area contributed by atoms with Crippen molar-refractivity contribution < 1.29 is 20.1 Å². The first-order chi connectivity index (χ1) is 9.93. The Hall–Kier alpha value is -1.53. The van der Waals surface area contributed by atoms with E-state index in [-0.39, 0.29) is 21.8 Å². The van der Waals surface area contributed by atoms with Crippen LogP contribution >= 0.6 is 15.9 Å². The summed E-state index contributed by atoms with van der Waals surface area (Å²) in [6.45, 7) is -0.463. The van der Waals surface area contributed by atoms with Crippen LogP contribution in [-0.2, 0) is 4.74 Å². The van der Waals surface area contributed by atoms with Crippen molar-refractivity contribution in [3.8, 4) is 0 Å². The number of nitrogens with zero attached hydrogens (tertiary/aromatic N) is 3. The first kappa shape index (κ1) is 14.4. The summed E-state index contributed by atoms with van der Waals surface area (Å²) in [6, 6.07) is 0. The number of rotatable bonds is 2. The Kier molecular flexibility index (Phi) is 3.45. The lowest BCUT2D eigenvalue weighted by molar-refractivity contribution is -0.0521. The monoisotopic (exact) mass is 361 g/mol. The van der Waals surface area contributed by atoms with Gasteiger partial charge in [0, 0.05) is 0 Å². The number of nitrogens with one attached hydrogen (secondary N) is 1. The van der Waals surface area contributed by atoms with Crippen LogP contribution in [0.4, 0.5) is 5.95 Å². The first-order valence-electron chi connectivity index (χ1n) is 5.99. The van der Waals surface area contributed by atoms with E-state index in [1.54, 1.807) is 0 Å². The van der Waals surface area contributed by atoms with E-state index < -0.39 is 36.7 Å². The number of aliphatic hydroxyl groups is 3. The minimum atomic E-state index is -1.32. The zero-order valence-corrected chi connectivity index (χ0v) is 12.1. The summed E-state index contributed by atoms with van der Waals surface area (Å²) in [6.07, 6.45) is -4.61.